The second-order valence-corrected chi connectivity index (χ2v) is 6.55. The Labute approximate surface area is 165 Å². The number of benzene rings is 2. The van der Waals surface area contributed by atoms with Crippen LogP contribution >= 0.6 is 0 Å². The van der Waals surface area contributed by atoms with Crippen molar-refractivity contribution < 1.29 is 13.6 Å². The van der Waals surface area contributed by atoms with Gasteiger partial charge in [-0.1, -0.05) is 18.2 Å². The number of rotatable bonds is 6. The highest BCUT2D eigenvalue weighted by molar-refractivity contribution is 5.94. The van der Waals surface area contributed by atoms with Gasteiger partial charge in [0.2, 0.25) is 0 Å². The van der Waals surface area contributed by atoms with Crippen LogP contribution < -0.4 is 10.6 Å². The van der Waals surface area contributed by atoms with Crippen molar-refractivity contribution in [3.8, 4) is 0 Å². The lowest BCUT2D eigenvalue weighted by atomic mass is 10.1. The Morgan fingerprint density at radius 2 is 1.90 bits per heavy atom. The van der Waals surface area contributed by atoms with E-state index in [-0.39, 0.29) is 5.91 Å². The zero-order chi connectivity index (χ0) is 20.2. The number of nitrogens with zero attached hydrogens (tertiary/aromatic N) is 1. The molecule has 0 fully saturated rings. The van der Waals surface area contributed by atoms with Gasteiger partial charge in [-0.3, -0.25) is 4.79 Å². The topological polar surface area (TPSA) is 69.8 Å². The lowest BCUT2D eigenvalue weighted by Crippen LogP contribution is -2.25. The van der Waals surface area contributed by atoms with Crippen LogP contribution in [0.15, 0.2) is 67.0 Å². The molecule has 0 radical (unpaired) electrons. The molecule has 7 heteroatoms. The van der Waals surface area contributed by atoms with Crippen LogP contribution in [-0.4, -0.2) is 22.4 Å². The third kappa shape index (κ3) is 4.24. The fourth-order valence-electron chi connectivity index (χ4n) is 3.08. The first-order valence-electron chi connectivity index (χ1n) is 9.11. The Bertz CT molecular complexity index is 1160. The van der Waals surface area contributed by atoms with E-state index >= 15 is 0 Å². The van der Waals surface area contributed by atoms with Gasteiger partial charge >= 0.3 is 0 Å². The largest absolute Gasteiger partial charge is 0.361 e. The van der Waals surface area contributed by atoms with Crippen LogP contribution in [0.1, 0.15) is 15.9 Å². The molecule has 0 unspecified atom stereocenters. The molecule has 2 aromatic carbocycles. The second-order valence-electron chi connectivity index (χ2n) is 6.55. The van der Waals surface area contributed by atoms with Crippen molar-refractivity contribution in [2.45, 2.75) is 6.42 Å². The van der Waals surface area contributed by atoms with Crippen LogP contribution in [0.4, 0.5) is 20.3 Å². The highest BCUT2D eigenvalue weighted by Crippen LogP contribution is 2.19. The number of para-hydroxylation sites is 1. The number of aromatic amines is 1. The van der Waals surface area contributed by atoms with Gasteiger partial charge in [0, 0.05) is 41.6 Å². The van der Waals surface area contributed by atoms with Gasteiger partial charge in [-0.25, -0.2) is 13.8 Å². The molecule has 0 spiro atoms. The van der Waals surface area contributed by atoms with Crippen molar-refractivity contribution in [2.24, 2.45) is 0 Å². The summed E-state index contributed by atoms with van der Waals surface area (Å²) in [4.78, 5) is 19.7. The number of hydrogen-bond acceptors (Lipinski definition) is 3. The number of carbonyl (C=O) groups excluding carboxylic acids is 1. The van der Waals surface area contributed by atoms with E-state index in [1.807, 2.05) is 30.5 Å². The predicted molar refractivity (Wildman–Crippen MR) is 108 cm³/mol. The molecular weight excluding hydrogens is 374 g/mol. The number of fused-ring (bicyclic) bond motifs is 1. The maximum Gasteiger partial charge on any atom is 0.252 e. The summed E-state index contributed by atoms with van der Waals surface area (Å²) in [6.45, 7) is 0.496. The van der Waals surface area contributed by atoms with Gasteiger partial charge in [-0.05, 0) is 42.3 Å². The first-order chi connectivity index (χ1) is 14.1. The van der Waals surface area contributed by atoms with Crippen molar-refractivity contribution in [2.75, 3.05) is 11.9 Å². The van der Waals surface area contributed by atoms with E-state index in [0.717, 1.165) is 28.6 Å². The summed E-state index contributed by atoms with van der Waals surface area (Å²) in [6, 6.07) is 14.7. The minimum atomic E-state index is -0.943. The lowest BCUT2D eigenvalue weighted by Gasteiger charge is -2.08. The lowest BCUT2D eigenvalue weighted by molar-refractivity contribution is 0.0954. The van der Waals surface area contributed by atoms with Crippen LogP contribution in [0.3, 0.4) is 0 Å². The minimum absolute atomic E-state index is 0.225. The Balaban J connectivity index is 1.33. The van der Waals surface area contributed by atoms with Crippen LogP contribution in [0.25, 0.3) is 10.9 Å². The highest BCUT2D eigenvalue weighted by atomic mass is 19.2. The van der Waals surface area contributed by atoms with Crippen molar-refractivity contribution in [1.82, 2.24) is 15.3 Å². The zero-order valence-electron chi connectivity index (χ0n) is 15.4. The summed E-state index contributed by atoms with van der Waals surface area (Å²) in [5, 5.41) is 6.89. The molecule has 5 nitrogen and oxygen atoms in total. The van der Waals surface area contributed by atoms with Crippen LogP contribution in [-0.2, 0) is 6.42 Å². The molecule has 29 heavy (non-hydrogen) atoms. The Hall–Kier alpha value is -3.74. The van der Waals surface area contributed by atoms with Gasteiger partial charge in [0.25, 0.3) is 5.91 Å². The van der Waals surface area contributed by atoms with E-state index in [4.69, 9.17) is 0 Å². The second kappa shape index (κ2) is 8.10. The molecule has 0 aliphatic carbocycles. The molecule has 0 atom stereocenters. The third-order valence-electron chi connectivity index (χ3n) is 4.57. The van der Waals surface area contributed by atoms with Gasteiger partial charge in [-0.2, -0.15) is 0 Å². The SMILES string of the molecule is O=C(NCCc1c[nH]c2ccccc12)c1ccc(Nc2ccc(F)c(F)c2)nc1. The van der Waals surface area contributed by atoms with Crippen molar-refractivity contribution in [3.63, 3.8) is 0 Å². The average molecular weight is 392 g/mol. The first kappa shape index (κ1) is 18.6. The maximum absolute atomic E-state index is 13.3. The van der Waals surface area contributed by atoms with E-state index < -0.39 is 11.6 Å². The number of pyridine rings is 1. The standard InChI is InChI=1S/C22H18F2N4O/c23-18-7-6-16(11-19(18)24)28-21-8-5-15(13-27-21)22(29)25-10-9-14-12-26-20-4-2-1-3-17(14)20/h1-8,11-13,26H,9-10H2,(H,25,29)(H,27,28). The molecule has 0 saturated heterocycles. The molecular formula is C22H18F2N4O. The summed E-state index contributed by atoms with van der Waals surface area (Å²) in [5.41, 5.74) is 3.00. The molecule has 4 aromatic rings. The molecule has 4 rings (SSSR count). The zero-order valence-corrected chi connectivity index (χ0v) is 15.4. The Morgan fingerprint density at radius 3 is 2.69 bits per heavy atom. The fraction of sp³-hybridized carbons (Fsp3) is 0.0909. The summed E-state index contributed by atoms with van der Waals surface area (Å²) in [5.74, 6) is -1.66. The van der Waals surface area contributed by atoms with Gasteiger partial charge in [0.15, 0.2) is 11.6 Å². The number of aromatic nitrogens is 2. The summed E-state index contributed by atoms with van der Waals surface area (Å²) in [6.07, 6.45) is 4.10. The molecule has 0 bridgehead atoms. The summed E-state index contributed by atoms with van der Waals surface area (Å²) >= 11 is 0. The van der Waals surface area contributed by atoms with E-state index in [9.17, 15) is 13.6 Å². The van der Waals surface area contributed by atoms with Gasteiger partial charge in [0.1, 0.15) is 5.82 Å². The number of carbonyl (C=O) groups is 1. The molecule has 0 saturated carbocycles. The van der Waals surface area contributed by atoms with E-state index in [2.05, 4.69) is 20.6 Å². The van der Waals surface area contributed by atoms with Gasteiger partial charge in [0.05, 0.1) is 5.56 Å². The number of halogens is 2. The summed E-state index contributed by atoms with van der Waals surface area (Å²) in [7, 11) is 0. The molecule has 146 valence electrons. The Morgan fingerprint density at radius 1 is 1.03 bits per heavy atom. The van der Waals surface area contributed by atoms with Crippen LogP contribution in [0, 0.1) is 11.6 Å². The number of H-pyrrole nitrogens is 1. The van der Waals surface area contributed by atoms with E-state index in [1.165, 1.54) is 12.3 Å². The number of anilines is 2. The number of nitrogens with one attached hydrogen (secondary N) is 3. The van der Waals surface area contributed by atoms with E-state index in [1.54, 1.807) is 12.1 Å². The molecule has 0 aliphatic rings. The van der Waals surface area contributed by atoms with Crippen molar-refractivity contribution >= 4 is 28.3 Å². The molecule has 3 N–H and O–H groups in total. The smallest absolute Gasteiger partial charge is 0.252 e. The van der Waals surface area contributed by atoms with Crippen LogP contribution in [0.5, 0.6) is 0 Å². The average Bonchev–Trinajstić information content (AvgIpc) is 3.14. The minimum Gasteiger partial charge on any atom is -0.361 e. The molecule has 2 heterocycles. The monoisotopic (exact) mass is 392 g/mol. The van der Waals surface area contributed by atoms with Crippen LogP contribution in [0.2, 0.25) is 0 Å². The highest BCUT2D eigenvalue weighted by Gasteiger charge is 2.08. The maximum atomic E-state index is 13.3. The third-order valence-corrected chi connectivity index (χ3v) is 4.57. The van der Waals surface area contributed by atoms with Crippen molar-refractivity contribution in [3.05, 3.63) is 89.8 Å². The normalized spacial score (nSPS) is 10.8. The molecule has 0 aliphatic heterocycles. The number of hydrogen-bond donors (Lipinski definition) is 3. The molecule has 2 aromatic heterocycles. The van der Waals surface area contributed by atoms with E-state index in [0.29, 0.717) is 30.0 Å². The number of amides is 1. The first-order valence-corrected chi connectivity index (χ1v) is 9.11. The predicted octanol–water partition coefficient (Wildman–Crippen LogP) is 4.56. The van der Waals surface area contributed by atoms with Gasteiger partial charge < -0.3 is 15.6 Å². The Kier molecular flexibility index (Phi) is 5.20. The van der Waals surface area contributed by atoms with Gasteiger partial charge in [-0.15, -0.1) is 0 Å². The fourth-order valence-corrected chi connectivity index (χ4v) is 3.08. The molecule has 1 amide bonds. The summed E-state index contributed by atoms with van der Waals surface area (Å²) < 4.78 is 26.3. The quantitative estimate of drug-likeness (QED) is 0.451. The van der Waals surface area contributed by atoms with Crippen molar-refractivity contribution in [1.29, 1.82) is 0 Å².